The largest absolute Gasteiger partial charge is 0.493 e. The number of benzene rings is 1. The van der Waals surface area contributed by atoms with Crippen LogP contribution in [0.2, 0.25) is 0 Å². The van der Waals surface area contributed by atoms with Gasteiger partial charge in [0.2, 0.25) is 15.9 Å². The fraction of sp³-hybridized carbons (Fsp3) is 0.400. The van der Waals surface area contributed by atoms with Gasteiger partial charge in [-0.25, -0.2) is 8.42 Å². The summed E-state index contributed by atoms with van der Waals surface area (Å²) in [5.74, 6) is 1.06. The van der Waals surface area contributed by atoms with E-state index >= 15 is 0 Å². The van der Waals surface area contributed by atoms with Crippen LogP contribution in [0.15, 0.2) is 33.7 Å². The van der Waals surface area contributed by atoms with Crippen molar-refractivity contribution in [2.75, 3.05) is 32.8 Å². The Hall–Kier alpha value is -2.65. The molecule has 0 bridgehead atoms. The summed E-state index contributed by atoms with van der Waals surface area (Å²) in [5, 5.41) is 3.73. The lowest BCUT2D eigenvalue weighted by Gasteiger charge is -2.33. The highest BCUT2D eigenvalue weighted by Gasteiger charge is 2.33. The van der Waals surface area contributed by atoms with Crippen molar-refractivity contribution in [1.29, 1.82) is 0 Å². The summed E-state index contributed by atoms with van der Waals surface area (Å²) in [7, 11) is -3.68. The molecular weight excluding hydrogens is 394 g/mol. The second kappa shape index (κ2) is 7.64. The van der Waals surface area contributed by atoms with Crippen molar-refractivity contribution in [3.8, 4) is 5.75 Å². The number of rotatable bonds is 4. The molecule has 1 fully saturated rings. The minimum Gasteiger partial charge on any atom is -0.493 e. The molecule has 0 radical (unpaired) electrons. The van der Waals surface area contributed by atoms with Crippen LogP contribution >= 0.6 is 0 Å². The Morgan fingerprint density at radius 1 is 1.17 bits per heavy atom. The number of nitrogens with zero attached hydrogens (tertiary/aromatic N) is 3. The number of aromatic nitrogens is 1. The Labute approximate surface area is 169 Å². The number of amides is 1. The van der Waals surface area contributed by atoms with Gasteiger partial charge in [0.1, 0.15) is 16.3 Å². The minimum atomic E-state index is -3.68. The Morgan fingerprint density at radius 2 is 1.93 bits per heavy atom. The number of hydrogen-bond acceptors (Lipinski definition) is 6. The molecule has 2 aliphatic rings. The molecule has 154 valence electrons. The third-order valence-corrected chi connectivity index (χ3v) is 7.39. The number of ether oxygens (including phenoxy) is 1. The van der Waals surface area contributed by atoms with E-state index in [2.05, 4.69) is 5.16 Å². The molecule has 0 atom stereocenters. The van der Waals surface area contributed by atoms with Crippen LogP contribution in [-0.2, 0) is 21.2 Å². The molecule has 2 aromatic rings. The number of hydrogen-bond donors (Lipinski definition) is 0. The van der Waals surface area contributed by atoms with Gasteiger partial charge < -0.3 is 14.2 Å². The van der Waals surface area contributed by atoms with Crippen LogP contribution in [0.3, 0.4) is 0 Å². The molecule has 1 amide bonds. The summed E-state index contributed by atoms with van der Waals surface area (Å²) < 4.78 is 37.6. The van der Waals surface area contributed by atoms with E-state index in [1.807, 2.05) is 18.2 Å². The fourth-order valence-electron chi connectivity index (χ4n) is 3.70. The molecule has 1 saturated heterocycles. The van der Waals surface area contributed by atoms with Crippen LogP contribution in [0.1, 0.15) is 22.6 Å². The van der Waals surface area contributed by atoms with Gasteiger partial charge in [-0.15, -0.1) is 0 Å². The maximum atomic E-state index is 12.9. The summed E-state index contributed by atoms with van der Waals surface area (Å²) in [6.07, 6.45) is 4.20. The molecule has 1 aromatic heterocycles. The molecule has 3 heterocycles. The maximum Gasteiger partial charge on any atom is 0.248 e. The van der Waals surface area contributed by atoms with Gasteiger partial charge in [-0.1, -0.05) is 11.2 Å². The van der Waals surface area contributed by atoms with E-state index in [0.29, 0.717) is 25.4 Å². The van der Waals surface area contributed by atoms with Crippen molar-refractivity contribution in [2.45, 2.75) is 25.2 Å². The lowest BCUT2D eigenvalue weighted by molar-refractivity contribution is -0.127. The third kappa shape index (κ3) is 3.79. The van der Waals surface area contributed by atoms with Crippen LogP contribution in [0, 0.1) is 13.8 Å². The summed E-state index contributed by atoms with van der Waals surface area (Å²) in [6.45, 7) is 5.04. The Kier molecular flexibility index (Phi) is 5.18. The number of piperazine rings is 1. The van der Waals surface area contributed by atoms with E-state index in [-0.39, 0.29) is 29.7 Å². The predicted octanol–water partition coefficient (Wildman–Crippen LogP) is 1.77. The molecule has 1 aromatic carbocycles. The van der Waals surface area contributed by atoms with Crippen LogP contribution in [-0.4, -0.2) is 61.5 Å². The van der Waals surface area contributed by atoms with E-state index in [9.17, 15) is 13.2 Å². The van der Waals surface area contributed by atoms with Gasteiger partial charge in [-0.2, -0.15) is 4.31 Å². The monoisotopic (exact) mass is 417 g/mol. The molecule has 0 N–H and O–H groups in total. The molecule has 0 aliphatic carbocycles. The van der Waals surface area contributed by atoms with Gasteiger partial charge >= 0.3 is 0 Å². The summed E-state index contributed by atoms with van der Waals surface area (Å²) >= 11 is 0. The van der Waals surface area contributed by atoms with Crippen LogP contribution in [0.5, 0.6) is 5.75 Å². The average Bonchev–Trinajstić information content (AvgIpc) is 3.31. The number of carbonyl (C=O) groups excluding carboxylic acids is 1. The van der Waals surface area contributed by atoms with Crippen molar-refractivity contribution in [1.82, 2.24) is 14.4 Å². The highest BCUT2D eigenvalue weighted by molar-refractivity contribution is 7.89. The quantitative estimate of drug-likeness (QED) is 0.704. The number of aryl methyl sites for hydroxylation is 2. The normalized spacial score (nSPS) is 17.5. The molecule has 0 unspecified atom stereocenters. The van der Waals surface area contributed by atoms with Crippen molar-refractivity contribution < 1.29 is 22.5 Å². The van der Waals surface area contributed by atoms with Crippen molar-refractivity contribution in [3.05, 3.63) is 46.9 Å². The molecular formula is C20H23N3O5S. The van der Waals surface area contributed by atoms with Crippen molar-refractivity contribution in [2.24, 2.45) is 0 Å². The van der Waals surface area contributed by atoms with Gasteiger partial charge in [0, 0.05) is 38.7 Å². The number of carbonyl (C=O) groups is 1. The lowest BCUT2D eigenvalue weighted by Crippen LogP contribution is -2.50. The SMILES string of the molecule is Cc1noc(C)c1S(=O)(=O)N1CCN(C(=O)C=Cc2ccc3c(c2)CCO3)CC1. The fourth-order valence-corrected chi connectivity index (χ4v) is 5.42. The van der Waals surface area contributed by atoms with Gasteiger partial charge in [-0.3, -0.25) is 4.79 Å². The maximum absolute atomic E-state index is 12.9. The average molecular weight is 417 g/mol. The first-order chi connectivity index (χ1) is 13.9. The number of fused-ring (bicyclic) bond motifs is 1. The highest BCUT2D eigenvalue weighted by atomic mass is 32.2. The third-order valence-electron chi connectivity index (χ3n) is 5.25. The van der Waals surface area contributed by atoms with E-state index < -0.39 is 10.0 Å². The Morgan fingerprint density at radius 3 is 2.62 bits per heavy atom. The zero-order valence-electron chi connectivity index (χ0n) is 16.4. The zero-order valence-corrected chi connectivity index (χ0v) is 17.2. The topological polar surface area (TPSA) is 93.0 Å². The Balaban J connectivity index is 1.38. The van der Waals surface area contributed by atoms with Crippen LogP contribution in [0.25, 0.3) is 6.08 Å². The molecule has 2 aliphatic heterocycles. The van der Waals surface area contributed by atoms with Crippen molar-refractivity contribution >= 4 is 22.0 Å². The molecule has 29 heavy (non-hydrogen) atoms. The molecule has 9 heteroatoms. The van der Waals surface area contributed by atoms with Gasteiger partial charge in [0.05, 0.1) is 6.61 Å². The van der Waals surface area contributed by atoms with Gasteiger partial charge in [-0.05, 0) is 43.2 Å². The molecule has 0 saturated carbocycles. The second-order valence-electron chi connectivity index (χ2n) is 7.18. The first-order valence-electron chi connectivity index (χ1n) is 9.52. The molecule has 4 rings (SSSR count). The van der Waals surface area contributed by atoms with Crippen molar-refractivity contribution in [3.63, 3.8) is 0 Å². The highest BCUT2D eigenvalue weighted by Crippen LogP contribution is 2.27. The second-order valence-corrected chi connectivity index (χ2v) is 9.06. The van der Waals surface area contributed by atoms with E-state index in [1.165, 1.54) is 10.4 Å². The summed E-state index contributed by atoms with van der Waals surface area (Å²) in [5.41, 5.74) is 2.45. The first-order valence-corrected chi connectivity index (χ1v) is 11.0. The minimum absolute atomic E-state index is 0.123. The van der Waals surface area contributed by atoms with Crippen LogP contribution in [0.4, 0.5) is 0 Å². The predicted molar refractivity (Wildman–Crippen MR) is 106 cm³/mol. The smallest absolute Gasteiger partial charge is 0.248 e. The number of sulfonamides is 1. The summed E-state index contributed by atoms with van der Waals surface area (Å²) in [6, 6.07) is 5.87. The van der Waals surface area contributed by atoms with E-state index in [4.69, 9.17) is 9.26 Å². The lowest BCUT2D eigenvalue weighted by atomic mass is 10.1. The van der Waals surface area contributed by atoms with E-state index in [0.717, 1.165) is 23.3 Å². The van der Waals surface area contributed by atoms with Gasteiger partial charge in [0.25, 0.3) is 0 Å². The molecule has 8 nitrogen and oxygen atoms in total. The zero-order chi connectivity index (χ0) is 20.6. The first kappa shape index (κ1) is 19.7. The molecule has 0 spiro atoms. The standard InChI is InChI=1S/C20H23N3O5S/c1-14-20(15(2)28-21-14)29(25,26)23-10-8-22(9-11-23)19(24)6-4-16-3-5-18-17(13-16)7-12-27-18/h3-6,13H,7-12H2,1-2H3. The van der Waals surface area contributed by atoms with E-state index in [1.54, 1.807) is 24.8 Å². The summed E-state index contributed by atoms with van der Waals surface area (Å²) in [4.78, 5) is 14.3. The van der Waals surface area contributed by atoms with Gasteiger partial charge in [0.15, 0.2) is 5.76 Å². The van der Waals surface area contributed by atoms with Crippen LogP contribution < -0.4 is 4.74 Å². The Bertz CT molecular complexity index is 1050.